The Morgan fingerprint density at radius 3 is 3.05 bits per heavy atom. The largest absolute Gasteiger partial charge is 0.373 e. The highest BCUT2D eigenvalue weighted by Gasteiger charge is 2.33. The van der Waals surface area contributed by atoms with Crippen molar-refractivity contribution in [1.82, 2.24) is 9.88 Å². The molecular weight excluding hydrogens is 238 g/mol. The van der Waals surface area contributed by atoms with Crippen LogP contribution in [0.1, 0.15) is 43.7 Å². The Morgan fingerprint density at radius 2 is 2.32 bits per heavy atom. The fourth-order valence-corrected chi connectivity index (χ4v) is 2.89. The Morgan fingerprint density at radius 1 is 1.47 bits per heavy atom. The standard InChI is InChI=1S/C15H21N3O/c1-16-14-10-12(6-7-17-14)13-3-2-8-18(13)15(19)9-11-4-5-11/h6-7,10-11,13H,2-5,8-9H2,1H3,(H,16,17)/t13-/m1/s1. The second-order valence-electron chi connectivity index (χ2n) is 5.62. The molecule has 1 aromatic heterocycles. The number of likely N-dealkylation sites (tertiary alicyclic amines) is 1. The first-order valence-corrected chi connectivity index (χ1v) is 7.21. The number of nitrogens with one attached hydrogen (secondary N) is 1. The van der Waals surface area contributed by atoms with E-state index in [1.54, 1.807) is 0 Å². The van der Waals surface area contributed by atoms with E-state index in [0.29, 0.717) is 11.8 Å². The lowest BCUT2D eigenvalue weighted by Gasteiger charge is -2.25. The quantitative estimate of drug-likeness (QED) is 0.904. The van der Waals surface area contributed by atoms with Gasteiger partial charge in [-0.2, -0.15) is 0 Å². The minimum Gasteiger partial charge on any atom is -0.373 e. The van der Waals surface area contributed by atoms with Crippen LogP contribution in [0.2, 0.25) is 0 Å². The summed E-state index contributed by atoms with van der Waals surface area (Å²) in [6.07, 6.45) is 7.23. The Bertz CT molecular complexity index is 470. The zero-order valence-electron chi connectivity index (χ0n) is 11.4. The Hall–Kier alpha value is -1.58. The molecule has 3 rings (SSSR count). The first kappa shape index (κ1) is 12.5. The van der Waals surface area contributed by atoms with E-state index in [4.69, 9.17) is 0 Å². The Labute approximate surface area is 114 Å². The van der Waals surface area contributed by atoms with Crippen LogP contribution in [0.4, 0.5) is 5.82 Å². The van der Waals surface area contributed by atoms with Gasteiger partial charge in [0.15, 0.2) is 0 Å². The molecular formula is C15H21N3O. The van der Waals surface area contributed by atoms with Gasteiger partial charge < -0.3 is 10.2 Å². The number of hydrogen-bond donors (Lipinski definition) is 1. The number of aromatic nitrogens is 1. The van der Waals surface area contributed by atoms with Gasteiger partial charge in [0.2, 0.25) is 5.91 Å². The van der Waals surface area contributed by atoms with Gasteiger partial charge in [-0.05, 0) is 49.3 Å². The number of carbonyl (C=O) groups is 1. The highest BCUT2D eigenvalue weighted by atomic mass is 16.2. The minimum atomic E-state index is 0.251. The molecule has 4 heteroatoms. The number of rotatable bonds is 4. The van der Waals surface area contributed by atoms with Crippen LogP contribution in [0, 0.1) is 5.92 Å². The summed E-state index contributed by atoms with van der Waals surface area (Å²) in [5.74, 6) is 1.88. The van der Waals surface area contributed by atoms with E-state index in [-0.39, 0.29) is 6.04 Å². The SMILES string of the molecule is CNc1cc([C@H]2CCCN2C(=O)CC2CC2)ccn1. The molecule has 1 N–H and O–H groups in total. The summed E-state index contributed by atoms with van der Waals surface area (Å²) in [5.41, 5.74) is 1.21. The summed E-state index contributed by atoms with van der Waals surface area (Å²) in [6, 6.07) is 4.35. The van der Waals surface area contributed by atoms with Crippen LogP contribution in [-0.4, -0.2) is 29.4 Å². The van der Waals surface area contributed by atoms with Gasteiger partial charge in [-0.1, -0.05) is 0 Å². The number of pyridine rings is 1. The maximum absolute atomic E-state index is 12.3. The predicted octanol–water partition coefficient (Wildman–Crippen LogP) is 2.59. The monoisotopic (exact) mass is 259 g/mol. The molecule has 0 spiro atoms. The van der Waals surface area contributed by atoms with Crippen LogP contribution in [0.25, 0.3) is 0 Å². The van der Waals surface area contributed by atoms with Gasteiger partial charge in [0.05, 0.1) is 6.04 Å². The van der Waals surface area contributed by atoms with Crippen LogP contribution in [-0.2, 0) is 4.79 Å². The van der Waals surface area contributed by atoms with E-state index >= 15 is 0 Å². The molecule has 1 saturated heterocycles. The first-order chi connectivity index (χ1) is 9.28. The fourth-order valence-electron chi connectivity index (χ4n) is 2.89. The molecule has 1 aliphatic carbocycles. The van der Waals surface area contributed by atoms with Crippen molar-refractivity contribution in [3.8, 4) is 0 Å². The summed E-state index contributed by atoms with van der Waals surface area (Å²) in [7, 11) is 1.87. The molecule has 1 amide bonds. The van der Waals surface area contributed by atoms with Gasteiger partial charge in [-0.15, -0.1) is 0 Å². The molecule has 0 unspecified atom stereocenters. The van der Waals surface area contributed by atoms with E-state index in [1.807, 2.05) is 19.3 Å². The predicted molar refractivity (Wildman–Crippen MR) is 74.8 cm³/mol. The second-order valence-corrected chi connectivity index (χ2v) is 5.62. The normalized spacial score (nSPS) is 22.6. The molecule has 2 aliphatic rings. The number of carbonyl (C=O) groups excluding carboxylic acids is 1. The molecule has 1 saturated carbocycles. The van der Waals surface area contributed by atoms with Gasteiger partial charge in [0.1, 0.15) is 5.82 Å². The van der Waals surface area contributed by atoms with Crippen LogP contribution in [0.15, 0.2) is 18.3 Å². The van der Waals surface area contributed by atoms with E-state index < -0.39 is 0 Å². The van der Waals surface area contributed by atoms with Crippen LogP contribution >= 0.6 is 0 Å². The Balaban J connectivity index is 1.75. The number of hydrogen-bond acceptors (Lipinski definition) is 3. The van der Waals surface area contributed by atoms with E-state index in [9.17, 15) is 4.79 Å². The van der Waals surface area contributed by atoms with Crippen molar-refractivity contribution in [3.05, 3.63) is 23.9 Å². The summed E-state index contributed by atoms with van der Waals surface area (Å²) in [6.45, 7) is 0.910. The van der Waals surface area contributed by atoms with Gasteiger partial charge in [-0.25, -0.2) is 4.98 Å². The molecule has 0 radical (unpaired) electrons. The van der Waals surface area contributed by atoms with Crippen molar-refractivity contribution in [1.29, 1.82) is 0 Å². The zero-order chi connectivity index (χ0) is 13.2. The Kier molecular flexibility index (Phi) is 3.40. The molecule has 1 atom stereocenters. The maximum Gasteiger partial charge on any atom is 0.223 e. The smallest absolute Gasteiger partial charge is 0.223 e. The van der Waals surface area contributed by atoms with Crippen molar-refractivity contribution in [2.75, 3.05) is 18.9 Å². The van der Waals surface area contributed by atoms with Gasteiger partial charge >= 0.3 is 0 Å². The molecule has 1 aromatic rings. The lowest BCUT2D eigenvalue weighted by molar-refractivity contribution is -0.132. The fraction of sp³-hybridized carbons (Fsp3) is 0.600. The molecule has 0 bridgehead atoms. The summed E-state index contributed by atoms with van der Waals surface area (Å²) in [5, 5.41) is 3.06. The third kappa shape index (κ3) is 2.72. The van der Waals surface area contributed by atoms with E-state index in [0.717, 1.165) is 31.6 Å². The van der Waals surface area contributed by atoms with Crippen molar-refractivity contribution in [3.63, 3.8) is 0 Å². The average molecular weight is 259 g/mol. The highest BCUT2D eigenvalue weighted by molar-refractivity contribution is 5.77. The number of anilines is 1. The molecule has 2 fully saturated rings. The van der Waals surface area contributed by atoms with E-state index in [2.05, 4.69) is 21.3 Å². The second kappa shape index (κ2) is 5.19. The summed E-state index contributed by atoms with van der Waals surface area (Å²) < 4.78 is 0. The maximum atomic E-state index is 12.3. The number of nitrogens with zero attached hydrogens (tertiary/aromatic N) is 2. The summed E-state index contributed by atoms with van der Waals surface area (Å²) >= 11 is 0. The van der Waals surface area contributed by atoms with Gasteiger partial charge in [-0.3, -0.25) is 4.79 Å². The van der Waals surface area contributed by atoms with Crippen molar-refractivity contribution >= 4 is 11.7 Å². The molecule has 102 valence electrons. The molecule has 19 heavy (non-hydrogen) atoms. The van der Waals surface area contributed by atoms with E-state index in [1.165, 1.54) is 18.4 Å². The van der Waals surface area contributed by atoms with Crippen molar-refractivity contribution < 1.29 is 4.79 Å². The minimum absolute atomic E-state index is 0.251. The molecule has 2 heterocycles. The highest BCUT2D eigenvalue weighted by Crippen LogP contribution is 2.37. The third-order valence-corrected chi connectivity index (χ3v) is 4.16. The first-order valence-electron chi connectivity index (χ1n) is 7.21. The topological polar surface area (TPSA) is 45.2 Å². The zero-order valence-corrected chi connectivity index (χ0v) is 11.4. The van der Waals surface area contributed by atoms with Crippen LogP contribution < -0.4 is 5.32 Å². The van der Waals surface area contributed by atoms with Crippen molar-refractivity contribution in [2.24, 2.45) is 5.92 Å². The number of amides is 1. The van der Waals surface area contributed by atoms with Gasteiger partial charge in [0.25, 0.3) is 0 Å². The van der Waals surface area contributed by atoms with Crippen molar-refractivity contribution in [2.45, 2.75) is 38.1 Å². The molecule has 0 aromatic carbocycles. The lowest BCUT2D eigenvalue weighted by Crippen LogP contribution is -2.30. The van der Waals surface area contributed by atoms with Crippen LogP contribution in [0.3, 0.4) is 0 Å². The van der Waals surface area contributed by atoms with Gasteiger partial charge in [0, 0.05) is 26.2 Å². The van der Waals surface area contributed by atoms with Crippen LogP contribution in [0.5, 0.6) is 0 Å². The molecule has 1 aliphatic heterocycles. The summed E-state index contributed by atoms with van der Waals surface area (Å²) in [4.78, 5) is 18.6. The molecule has 4 nitrogen and oxygen atoms in total. The third-order valence-electron chi connectivity index (χ3n) is 4.16. The average Bonchev–Trinajstić information content (AvgIpc) is 3.11. The lowest BCUT2D eigenvalue weighted by atomic mass is 10.1.